The van der Waals surface area contributed by atoms with Crippen molar-refractivity contribution in [1.82, 2.24) is 14.7 Å². The van der Waals surface area contributed by atoms with Gasteiger partial charge in [-0.05, 0) is 37.1 Å². The summed E-state index contributed by atoms with van der Waals surface area (Å²) in [4.78, 5) is 2.34. The van der Waals surface area contributed by atoms with E-state index in [2.05, 4.69) is 21.7 Å². The van der Waals surface area contributed by atoms with Crippen LogP contribution in [-0.4, -0.2) is 47.1 Å². The number of hydrogen-bond acceptors (Lipinski definition) is 4. The molecule has 136 valence electrons. The van der Waals surface area contributed by atoms with Crippen LogP contribution in [0.3, 0.4) is 0 Å². The molecule has 7 heteroatoms. The summed E-state index contributed by atoms with van der Waals surface area (Å²) in [5, 5.41) is 4.31. The highest BCUT2D eigenvalue weighted by molar-refractivity contribution is 5.29. The van der Waals surface area contributed by atoms with Gasteiger partial charge >= 0.3 is 6.61 Å². The second-order valence-corrected chi connectivity index (χ2v) is 6.35. The molecule has 2 atom stereocenters. The molecule has 2 heterocycles. The molecule has 5 nitrogen and oxygen atoms in total. The molecule has 0 aliphatic carbocycles. The predicted octanol–water partition coefficient (Wildman–Crippen LogP) is 3.25. The summed E-state index contributed by atoms with van der Waals surface area (Å²) in [6.45, 7) is 4.36. The van der Waals surface area contributed by atoms with Crippen LogP contribution in [0.2, 0.25) is 0 Å². The maximum atomic E-state index is 12.2. The fraction of sp³-hybridized carbons (Fsp3) is 0.500. The lowest BCUT2D eigenvalue weighted by molar-refractivity contribution is -0.0509. The quantitative estimate of drug-likeness (QED) is 0.801. The average molecular weight is 351 g/mol. The van der Waals surface area contributed by atoms with Crippen LogP contribution in [0.15, 0.2) is 36.7 Å². The van der Waals surface area contributed by atoms with Gasteiger partial charge in [0, 0.05) is 25.3 Å². The molecule has 0 N–H and O–H groups in total. The topological polar surface area (TPSA) is 39.5 Å². The van der Waals surface area contributed by atoms with E-state index < -0.39 is 6.61 Å². The van der Waals surface area contributed by atoms with Crippen LogP contribution < -0.4 is 4.74 Å². The number of aryl methyl sites for hydroxylation is 1. The Balaban J connectivity index is 1.60. The fourth-order valence-electron chi connectivity index (χ4n) is 3.12. The second kappa shape index (κ2) is 7.93. The number of halogens is 2. The second-order valence-electron chi connectivity index (χ2n) is 6.35. The molecule has 1 aromatic carbocycles. The van der Waals surface area contributed by atoms with Crippen molar-refractivity contribution < 1.29 is 18.3 Å². The van der Waals surface area contributed by atoms with Crippen molar-refractivity contribution in [3.8, 4) is 5.75 Å². The average Bonchev–Trinajstić information content (AvgIpc) is 2.99. The van der Waals surface area contributed by atoms with Crippen LogP contribution in [0.1, 0.15) is 24.1 Å². The van der Waals surface area contributed by atoms with Gasteiger partial charge in [0.05, 0.1) is 25.5 Å². The smallest absolute Gasteiger partial charge is 0.387 e. The number of rotatable bonds is 6. The first-order chi connectivity index (χ1) is 12.0. The molecule has 0 saturated carbocycles. The SMILES string of the molecule is Cc1cnn(CC2CN(C(C)c3ccc(OC(F)F)cc3)CCO2)c1. The Labute approximate surface area is 146 Å². The van der Waals surface area contributed by atoms with E-state index in [9.17, 15) is 8.78 Å². The van der Waals surface area contributed by atoms with E-state index in [0.717, 1.165) is 30.8 Å². The minimum absolute atomic E-state index is 0.0805. The van der Waals surface area contributed by atoms with Crippen molar-refractivity contribution in [1.29, 1.82) is 0 Å². The zero-order valence-electron chi connectivity index (χ0n) is 14.4. The number of nitrogens with zero attached hydrogens (tertiary/aromatic N) is 3. The number of alkyl halides is 2. The van der Waals surface area contributed by atoms with Crippen molar-refractivity contribution >= 4 is 0 Å². The first-order valence-electron chi connectivity index (χ1n) is 8.41. The zero-order chi connectivity index (χ0) is 17.8. The summed E-state index contributed by atoms with van der Waals surface area (Å²) in [6.07, 6.45) is 3.93. The van der Waals surface area contributed by atoms with E-state index >= 15 is 0 Å². The van der Waals surface area contributed by atoms with Gasteiger partial charge in [0.25, 0.3) is 0 Å². The summed E-state index contributed by atoms with van der Waals surface area (Å²) in [6, 6.07) is 7.02. The maximum Gasteiger partial charge on any atom is 0.387 e. The Hall–Kier alpha value is -1.99. The van der Waals surface area contributed by atoms with Gasteiger partial charge in [-0.25, -0.2) is 0 Å². The molecular weight excluding hydrogens is 328 g/mol. The van der Waals surface area contributed by atoms with E-state index in [1.54, 1.807) is 12.1 Å². The third kappa shape index (κ3) is 4.76. The summed E-state index contributed by atoms with van der Waals surface area (Å²) < 4.78 is 36.7. The Morgan fingerprint density at radius 2 is 2.08 bits per heavy atom. The van der Waals surface area contributed by atoms with Crippen molar-refractivity contribution in [3.05, 3.63) is 47.8 Å². The van der Waals surface area contributed by atoms with Crippen LogP contribution >= 0.6 is 0 Å². The molecule has 1 aliphatic rings. The molecule has 2 aromatic rings. The van der Waals surface area contributed by atoms with Crippen LogP contribution in [0, 0.1) is 6.92 Å². The number of aromatic nitrogens is 2. The van der Waals surface area contributed by atoms with E-state index in [1.165, 1.54) is 0 Å². The van der Waals surface area contributed by atoms with E-state index in [4.69, 9.17) is 4.74 Å². The van der Waals surface area contributed by atoms with Gasteiger partial charge in [-0.3, -0.25) is 9.58 Å². The van der Waals surface area contributed by atoms with Gasteiger partial charge in [-0.1, -0.05) is 12.1 Å². The Morgan fingerprint density at radius 3 is 2.72 bits per heavy atom. The molecule has 2 unspecified atom stereocenters. The van der Waals surface area contributed by atoms with E-state index in [0.29, 0.717) is 6.61 Å². The Kier molecular flexibility index (Phi) is 5.65. The van der Waals surface area contributed by atoms with Crippen LogP contribution in [-0.2, 0) is 11.3 Å². The van der Waals surface area contributed by atoms with Crippen molar-refractivity contribution in [2.75, 3.05) is 19.7 Å². The van der Waals surface area contributed by atoms with Crippen molar-refractivity contribution in [3.63, 3.8) is 0 Å². The molecule has 0 amide bonds. The van der Waals surface area contributed by atoms with Crippen LogP contribution in [0.5, 0.6) is 5.75 Å². The van der Waals surface area contributed by atoms with Crippen LogP contribution in [0.25, 0.3) is 0 Å². The predicted molar refractivity (Wildman–Crippen MR) is 89.8 cm³/mol. The lowest BCUT2D eigenvalue weighted by Crippen LogP contribution is -2.45. The Bertz CT molecular complexity index is 675. The van der Waals surface area contributed by atoms with Gasteiger partial charge in [-0.15, -0.1) is 0 Å². The highest BCUT2D eigenvalue weighted by Crippen LogP contribution is 2.25. The number of ether oxygens (including phenoxy) is 2. The molecule has 3 rings (SSSR count). The summed E-state index contributed by atoms with van der Waals surface area (Å²) in [7, 11) is 0. The molecule has 25 heavy (non-hydrogen) atoms. The lowest BCUT2D eigenvalue weighted by Gasteiger charge is -2.37. The summed E-state index contributed by atoms with van der Waals surface area (Å²) in [5.41, 5.74) is 2.20. The third-order valence-corrected chi connectivity index (χ3v) is 4.46. The van der Waals surface area contributed by atoms with Gasteiger partial charge in [0.15, 0.2) is 0 Å². The number of morpholine rings is 1. The molecule has 1 fully saturated rings. The summed E-state index contributed by atoms with van der Waals surface area (Å²) in [5.74, 6) is 0.180. The van der Waals surface area contributed by atoms with Crippen LogP contribution in [0.4, 0.5) is 8.78 Å². The third-order valence-electron chi connectivity index (χ3n) is 4.46. The first kappa shape index (κ1) is 17.8. The van der Waals surface area contributed by atoms with Gasteiger partial charge in [-0.2, -0.15) is 13.9 Å². The monoisotopic (exact) mass is 351 g/mol. The number of hydrogen-bond donors (Lipinski definition) is 0. The van der Waals surface area contributed by atoms with Crippen molar-refractivity contribution in [2.45, 2.75) is 39.1 Å². The lowest BCUT2D eigenvalue weighted by atomic mass is 10.1. The fourth-order valence-corrected chi connectivity index (χ4v) is 3.12. The van der Waals surface area contributed by atoms with Gasteiger partial charge in [0.2, 0.25) is 0 Å². The highest BCUT2D eigenvalue weighted by Gasteiger charge is 2.25. The summed E-state index contributed by atoms with van der Waals surface area (Å²) >= 11 is 0. The molecule has 0 radical (unpaired) electrons. The van der Waals surface area contributed by atoms with Gasteiger partial charge in [0.1, 0.15) is 5.75 Å². The van der Waals surface area contributed by atoms with E-state index in [1.807, 2.05) is 36.1 Å². The first-order valence-corrected chi connectivity index (χ1v) is 8.41. The van der Waals surface area contributed by atoms with Gasteiger partial charge < -0.3 is 9.47 Å². The largest absolute Gasteiger partial charge is 0.435 e. The molecule has 0 bridgehead atoms. The molecule has 1 aromatic heterocycles. The zero-order valence-corrected chi connectivity index (χ0v) is 14.4. The molecular formula is C18H23F2N3O2. The molecule has 0 spiro atoms. The highest BCUT2D eigenvalue weighted by atomic mass is 19.3. The minimum Gasteiger partial charge on any atom is -0.435 e. The van der Waals surface area contributed by atoms with Crippen molar-refractivity contribution in [2.24, 2.45) is 0 Å². The van der Waals surface area contributed by atoms with E-state index in [-0.39, 0.29) is 17.9 Å². The number of benzene rings is 1. The normalized spacial score (nSPS) is 20.0. The molecule has 1 aliphatic heterocycles. The minimum atomic E-state index is -2.80. The standard InChI is InChI=1S/C18H23F2N3O2/c1-13-9-21-23(10-13)12-17-11-22(7-8-24-17)14(2)15-3-5-16(6-4-15)25-18(19)20/h3-6,9-10,14,17-18H,7-8,11-12H2,1-2H3. The maximum absolute atomic E-state index is 12.2. The Morgan fingerprint density at radius 1 is 1.32 bits per heavy atom. The molecule has 1 saturated heterocycles.